The van der Waals surface area contributed by atoms with Crippen LogP contribution in [-0.2, 0) is 17.7 Å². The fraction of sp³-hybridized carbons (Fsp3) is 0.208. The zero-order valence-electron chi connectivity index (χ0n) is 17.6. The van der Waals surface area contributed by atoms with Gasteiger partial charge in [0.15, 0.2) is 4.96 Å². The summed E-state index contributed by atoms with van der Waals surface area (Å²) in [6.07, 6.45) is 3.82. The first-order valence-corrected chi connectivity index (χ1v) is 11.0. The molecule has 4 rings (SSSR count). The van der Waals surface area contributed by atoms with E-state index in [2.05, 4.69) is 10.3 Å². The van der Waals surface area contributed by atoms with E-state index in [0.29, 0.717) is 31.1 Å². The van der Waals surface area contributed by atoms with Crippen molar-refractivity contribution in [3.63, 3.8) is 0 Å². The number of carbonyl (C=O) groups is 1. The van der Waals surface area contributed by atoms with Gasteiger partial charge in [0.05, 0.1) is 6.61 Å². The van der Waals surface area contributed by atoms with E-state index in [1.54, 1.807) is 13.3 Å². The summed E-state index contributed by atoms with van der Waals surface area (Å²) in [6.45, 7) is 1.29. The van der Waals surface area contributed by atoms with Gasteiger partial charge in [-0.2, -0.15) is 0 Å². The van der Waals surface area contributed by atoms with Crippen molar-refractivity contribution in [3.8, 4) is 5.75 Å². The molecule has 2 aromatic heterocycles. The molecular weight excluding hydrogens is 426 g/mol. The molecule has 0 aliphatic rings. The highest BCUT2D eigenvalue weighted by molar-refractivity contribution is 7.17. The van der Waals surface area contributed by atoms with Crippen molar-refractivity contribution in [1.29, 1.82) is 0 Å². The van der Waals surface area contributed by atoms with E-state index in [-0.39, 0.29) is 11.1 Å². The van der Waals surface area contributed by atoms with Gasteiger partial charge in [0.25, 0.3) is 11.5 Å². The number of benzene rings is 2. The van der Waals surface area contributed by atoms with Crippen molar-refractivity contribution in [2.24, 2.45) is 0 Å². The molecular formula is C24H23N3O4S. The predicted octanol–water partition coefficient (Wildman–Crippen LogP) is 3.30. The van der Waals surface area contributed by atoms with Gasteiger partial charge >= 0.3 is 0 Å². The van der Waals surface area contributed by atoms with Crippen LogP contribution in [0.15, 0.2) is 71.8 Å². The number of rotatable bonds is 9. The van der Waals surface area contributed by atoms with Crippen molar-refractivity contribution < 1.29 is 14.3 Å². The molecule has 2 aromatic carbocycles. The molecule has 0 spiro atoms. The number of aromatic nitrogens is 2. The summed E-state index contributed by atoms with van der Waals surface area (Å²) in [5, 5.41) is 2.79. The van der Waals surface area contributed by atoms with Crippen LogP contribution in [0, 0.1) is 0 Å². The Morgan fingerprint density at radius 3 is 2.59 bits per heavy atom. The normalized spacial score (nSPS) is 10.9. The minimum atomic E-state index is -0.451. The first-order valence-electron chi connectivity index (χ1n) is 10.2. The molecule has 4 aromatic rings. The third kappa shape index (κ3) is 5.22. The van der Waals surface area contributed by atoms with Crippen LogP contribution >= 0.6 is 11.3 Å². The molecule has 0 radical (unpaired) electrons. The van der Waals surface area contributed by atoms with Crippen molar-refractivity contribution in [3.05, 3.63) is 98.9 Å². The molecule has 0 unspecified atom stereocenters. The number of hydrogen-bond acceptors (Lipinski definition) is 6. The molecule has 164 valence electrons. The highest BCUT2D eigenvalue weighted by Crippen LogP contribution is 2.18. The molecule has 0 aliphatic carbocycles. The van der Waals surface area contributed by atoms with Crippen molar-refractivity contribution >= 4 is 22.2 Å². The van der Waals surface area contributed by atoms with Crippen molar-refractivity contribution in [2.75, 3.05) is 20.3 Å². The molecule has 7 nitrogen and oxygen atoms in total. The van der Waals surface area contributed by atoms with Gasteiger partial charge in [0, 0.05) is 37.3 Å². The molecule has 0 atom stereocenters. The zero-order valence-corrected chi connectivity index (χ0v) is 18.4. The number of methoxy groups -OCH3 is 1. The van der Waals surface area contributed by atoms with E-state index in [9.17, 15) is 9.59 Å². The van der Waals surface area contributed by atoms with Crippen LogP contribution in [0.5, 0.6) is 5.75 Å². The Balaban J connectivity index is 1.42. The quantitative estimate of drug-likeness (QED) is 0.397. The molecule has 8 heteroatoms. The maximum Gasteiger partial charge on any atom is 0.271 e. The van der Waals surface area contributed by atoms with Gasteiger partial charge < -0.3 is 14.8 Å². The highest BCUT2D eigenvalue weighted by Gasteiger charge is 2.15. The minimum Gasteiger partial charge on any atom is -0.491 e. The Bertz CT molecular complexity index is 1250. The van der Waals surface area contributed by atoms with Gasteiger partial charge in [-0.05, 0) is 23.3 Å². The van der Waals surface area contributed by atoms with Gasteiger partial charge in [0.1, 0.15) is 17.9 Å². The summed E-state index contributed by atoms with van der Waals surface area (Å²) < 4.78 is 11.9. The van der Waals surface area contributed by atoms with Crippen molar-refractivity contribution in [2.45, 2.75) is 13.0 Å². The summed E-state index contributed by atoms with van der Waals surface area (Å²) in [4.78, 5) is 31.4. The maximum atomic E-state index is 12.9. The summed E-state index contributed by atoms with van der Waals surface area (Å²) in [7, 11) is 1.62. The number of ether oxygens (including phenoxy) is 2. The predicted molar refractivity (Wildman–Crippen MR) is 124 cm³/mol. The minimum absolute atomic E-state index is 0.0195. The van der Waals surface area contributed by atoms with Crippen molar-refractivity contribution in [1.82, 2.24) is 14.7 Å². The second-order valence-electron chi connectivity index (χ2n) is 7.16. The Labute approximate surface area is 189 Å². The summed E-state index contributed by atoms with van der Waals surface area (Å²) in [5.74, 6) is 0.280. The Morgan fingerprint density at radius 2 is 1.84 bits per heavy atom. The smallest absolute Gasteiger partial charge is 0.271 e. The number of carbonyl (C=O) groups excluding carboxylic acids is 1. The Kier molecular flexibility index (Phi) is 6.94. The van der Waals surface area contributed by atoms with Crippen LogP contribution < -0.4 is 15.6 Å². The number of hydrogen-bond donors (Lipinski definition) is 1. The van der Waals surface area contributed by atoms with Gasteiger partial charge in [0.2, 0.25) is 0 Å². The lowest BCUT2D eigenvalue weighted by Gasteiger charge is -2.08. The second-order valence-corrected chi connectivity index (χ2v) is 8.25. The van der Waals surface area contributed by atoms with E-state index in [0.717, 1.165) is 21.8 Å². The average molecular weight is 450 g/mol. The van der Waals surface area contributed by atoms with E-state index in [4.69, 9.17) is 9.47 Å². The molecule has 2 heterocycles. The summed E-state index contributed by atoms with van der Waals surface area (Å²) >= 11 is 1.45. The third-order valence-corrected chi connectivity index (χ3v) is 5.85. The van der Waals surface area contributed by atoms with Crippen LogP contribution in [0.1, 0.15) is 26.4 Å². The number of amides is 1. The monoisotopic (exact) mass is 449 g/mol. The lowest BCUT2D eigenvalue weighted by Crippen LogP contribution is -2.30. The average Bonchev–Trinajstić information content (AvgIpc) is 3.23. The molecule has 0 bridgehead atoms. The van der Waals surface area contributed by atoms with Gasteiger partial charge in [-0.3, -0.25) is 14.0 Å². The molecule has 0 saturated carbocycles. The summed E-state index contributed by atoms with van der Waals surface area (Å²) in [5.41, 5.74) is 1.70. The summed E-state index contributed by atoms with van der Waals surface area (Å²) in [6, 6.07) is 17.4. The fourth-order valence-corrected chi connectivity index (χ4v) is 4.16. The van der Waals surface area contributed by atoms with E-state index < -0.39 is 5.91 Å². The lowest BCUT2D eigenvalue weighted by molar-refractivity contribution is 0.0949. The first kappa shape index (κ1) is 21.7. The van der Waals surface area contributed by atoms with Crippen LogP contribution in [0.3, 0.4) is 0 Å². The number of fused-ring (bicyclic) bond motifs is 1. The maximum absolute atomic E-state index is 12.9. The van der Waals surface area contributed by atoms with E-state index in [1.165, 1.54) is 21.9 Å². The highest BCUT2D eigenvalue weighted by atomic mass is 32.1. The largest absolute Gasteiger partial charge is 0.491 e. The zero-order chi connectivity index (χ0) is 22.3. The lowest BCUT2D eigenvalue weighted by atomic mass is 10.1. The van der Waals surface area contributed by atoms with Gasteiger partial charge in [-0.1, -0.05) is 42.5 Å². The molecule has 0 fully saturated rings. The molecule has 0 aliphatic heterocycles. The van der Waals surface area contributed by atoms with Crippen LogP contribution in [0.2, 0.25) is 0 Å². The molecule has 0 saturated heterocycles. The third-order valence-electron chi connectivity index (χ3n) is 4.85. The standard InChI is InChI=1S/C24H23N3O4S/c1-30-11-12-31-19-9-7-18(8-10-19)14-25-22(28)21-15-26-24-27(23(21)29)16-20(32-24)13-17-5-3-2-4-6-17/h2-10,15-16H,11-14H2,1H3,(H,25,28). The fourth-order valence-electron chi connectivity index (χ4n) is 3.19. The second kappa shape index (κ2) is 10.2. The van der Waals surface area contributed by atoms with Gasteiger partial charge in [-0.25, -0.2) is 4.98 Å². The first-order chi connectivity index (χ1) is 15.6. The van der Waals surface area contributed by atoms with Crippen LogP contribution in [0.25, 0.3) is 4.96 Å². The van der Waals surface area contributed by atoms with Crippen LogP contribution in [-0.4, -0.2) is 35.6 Å². The topological polar surface area (TPSA) is 81.9 Å². The number of nitrogens with zero attached hydrogens (tertiary/aromatic N) is 2. The van der Waals surface area contributed by atoms with E-state index in [1.807, 2.05) is 54.6 Å². The number of thiazole rings is 1. The molecule has 1 amide bonds. The SMILES string of the molecule is COCCOc1ccc(CNC(=O)c2cnc3sc(Cc4ccccc4)cn3c2=O)cc1. The molecule has 32 heavy (non-hydrogen) atoms. The van der Waals surface area contributed by atoms with Crippen LogP contribution in [0.4, 0.5) is 0 Å². The Hall–Kier alpha value is -3.49. The Morgan fingerprint density at radius 1 is 1.06 bits per heavy atom. The molecule has 1 N–H and O–H groups in total. The van der Waals surface area contributed by atoms with E-state index >= 15 is 0 Å². The van der Waals surface area contributed by atoms with Gasteiger partial charge in [-0.15, -0.1) is 11.3 Å². The number of nitrogens with one attached hydrogen (secondary N) is 1.